The van der Waals surface area contributed by atoms with Gasteiger partial charge in [0, 0.05) is 18.7 Å². The molecule has 1 rings (SSSR count). The summed E-state index contributed by atoms with van der Waals surface area (Å²) in [6, 6.07) is 1.14. The molecule has 0 saturated heterocycles. The molecule has 3 N–H and O–H groups in total. The molecule has 0 bridgehead atoms. The molecule has 18 heavy (non-hydrogen) atoms. The standard InChI is InChI=1S/C10H13F3N2O2S/c1-2-7(5-14)18(16,17)15-6-3-8(11)10(13)9(12)4-6/h3-4,7,15H,2,5,14H2,1H3. The largest absolute Gasteiger partial charge is 0.329 e. The Morgan fingerprint density at radius 3 is 2.17 bits per heavy atom. The quantitative estimate of drug-likeness (QED) is 0.805. The van der Waals surface area contributed by atoms with Crippen LogP contribution >= 0.6 is 0 Å². The Morgan fingerprint density at radius 2 is 1.78 bits per heavy atom. The van der Waals surface area contributed by atoms with E-state index >= 15 is 0 Å². The molecule has 0 aliphatic carbocycles. The normalized spacial score (nSPS) is 13.4. The van der Waals surface area contributed by atoms with Gasteiger partial charge in [0.1, 0.15) is 0 Å². The molecule has 0 saturated carbocycles. The van der Waals surface area contributed by atoms with Gasteiger partial charge in [-0.15, -0.1) is 0 Å². The maximum Gasteiger partial charge on any atom is 0.236 e. The van der Waals surface area contributed by atoms with Crippen molar-refractivity contribution in [2.24, 2.45) is 5.73 Å². The average molecular weight is 282 g/mol. The van der Waals surface area contributed by atoms with E-state index in [1.54, 1.807) is 6.92 Å². The fraction of sp³-hybridized carbons (Fsp3) is 0.400. The lowest BCUT2D eigenvalue weighted by atomic mass is 10.3. The Balaban J connectivity index is 3.05. The molecule has 0 amide bonds. The van der Waals surface area contributed by atoms with Gasteiger partial charge in [0.15, 0.2) is 17.5 Å². The van der Waals surface area contributed by atoms with E-state index in [0.29, 0.717) is 12.1 Å². The molecule has 1 aromatic rings. The van der Waals surface area contributed by atoms with Gasteiger partial charge < -0.3 is 5.73 Å². The summed E-state index contributed by atoms with van der Waals surface area (Å²) in [5.41, 5.74) is 4.90. The van der Waals surface area contributed by atoms with Gasteiger partial charge in [-0.05, 0) is 6.42 Å². The van der Waals surface area contributed by atoms with Crippen LogP contribution in [0.3, 0.4) is 0 Å². The highest BCUT2D eigenvalue weighted by Gasteiger charge is 2.23. The molecule has 0 aromatic heterocycles. The van der Waals surface area contributed by atoms with Crippen LogP contribution in [0.5, 0.6) is 0 Å². The molecule has 0 fully saturated rings. The minimum Gasteiger partial charge on any atom is -0.329 e. The second-order valence-corrected chi connectivity index (χ2v) is 5.63. The van der Waals surface area contributed by atoms with E-state index in [1.807, 2.05) is 4.72 Å². The lowest BCUT2D eigenvalue weighted by Crippen LogP contribution is -2.33. The maximum atomic E-state index is 12.9. The zero-order chi connectivity index (χ0) is 13.9. The van der Waals surface area contributed by atoms with Crippen LogP contribution in [0, 0.1) is 17.5 Å². The van der Waals surface area contributed by atoms with Gasteiger partial charge in [-0.2, -0.15) is 0 Å². The van der Waals surface area contributed by atoms with Crippen molar-refractivity contribution in [2.45, 2.75) is 18.6 Å². The van der Waals surface area contributed by atoms with Crippen LogP contribution in [-0.4, -0.2) is 20.2 Å². The molecule has 1 aromatic carbocycles. The number of hydrogen-bond acceptors (Lipinski definition) is 3. The van der Waals surface area contributed by atoms with Crippen LogP contribution in [0.25, 0.3) is 0 Å². The second kappa shape index (κ2) is 5.57. The van der Waals surface area contributed by atoms with Gasteiger partial charge in [0.25, 0.3) is 0 Å². The van der Waals surface area contributed by atoms with Gasteiger partial charge in [-0.3, -0.25) is 4.72 Å². The van der Waals surface area contributed by atoms with E-state index in [9.17, 15) is 21.6 Å². The maximum absolute atomic E-state index is 12.9. The Bertz CT molecular complexity index is 507. The molecule has 1 unspecified atom stereocenters. The van der Waals surface area contributed by atoms with Crippen LogP contribution < -0.4 is 10.5 Å². The van der Waals surface area contributed by atoms with Crippen molar-refractivity contribution in [3.05, 3.63) is 29.6 Å². The first-order valence-electron chi connectivity index (χ1n) is 5.18. The Hall–Kier alpha value is -1.28. The van der Waals surface area contributed by atoms with Gasteiger partial charge in [-0.1, -0.05) is 6.92 Å². The minimum atomic E-state index is -3.85. The van der Waals surface area contributed by atoms with Gasteiger partial charge in [0.2, 0.25) is 10.0 Å². The van der Waals surface area contributed by atoms with E-state index in [4.69, 9.17) is 5.73 Å². The van der Waals surface area contributed by atoms with Crippen LogP contribution in [0.4, 0.5) is 18.9 Å². The highest BCUT2D eigenvalue weighted by molar-refractivity contribution is 7.93. The Kier molecular flexibility index (Phi) is 4.58. The number of hydrogen-bond donors (Lipinski definition) is 2. The van der Waals surface area contributed by atoms with E-state index in [0.717, 1.165) is 0 Å². The number of rotatable bonds is 5. The van der Waals surface area contributed by atoms with Crippen LogP contribution in [0.1, 0.15) is 13.3 Å². The summed E-state index contributed by atoms with van der Waals surface area (Å²) in [6.45, 7) is 1.49. The number of sulfonamides is 1. The van der Waals surface area contributed by atoms with E-state index < -0.39 is 32.7 Å². The zero-order valence-electron chi connectivity index (χ0n) is 9.58. The molecule has 0 spiro atoms. The van der Waals surface area contributed by atoms with Crippen molar-refractivity contribution in [2.75, 3.05) is 11.3 Å². The van der Waals surface area contributed by atoms with Crippen molar-refractivity contribution in [3.8, 4) is 0 Å². The first kappa shape index (κ1) is 14.8. The lowest BCUT2D eigenvalue weighted by Gasteiger charge is -2.15. The highest BCUT2D eigenvalue weighted by atomic mass is 32.2. The summed E-state index contributed by atoms with van der Waals surface area (Å²) in [5.74, 6) is -4.58. The predicted octanol–water partition coefficient (Wildman–Crippen LogP) is 1.58. The van der Waals surface area contributed by atoms with Gasteiger partial charge in [-0.25, -0.2) is 21.6 Å². The average Bonchev–Trinajstić information content (AvgIpc) is 2.26. The minimum absolute atomic E-state index is 0.127. The first-order chi connectivity index (χ1) is 8.31. The van der Waals surface area contributed by atoms with Crippen molar-refractivity contribution < 1.29 is 21.6 Å². The Labute approximate surface area is 103 Å². The molecular formula is C10H13F3N2O2S. The predicted molar refractivity (Wildman–Crippen MR) is 62.0 cm³/mol. The number of nitrogens with one attached hydrogen (secondary N) is 1. The van der Waals surface area contributed by atoms with Crippen LogP contribution in [0.2, 0.25) is 0 Å². The van der Waals surface area contributed by atoms with Crippen molar-refractivity contribution in [1.82, 2.24) is 0 Å². The summed E-state index contributed by atoms with van der Waals surface area (Å²) in [6.07, 6.45) is 0.248. The fourth-order valence-corrected chi connectivity index (χ4v) is 2.68. The first-order valence-corrected chi connectivity index (χ1v) is 6.72. The summed E-state index contributed by atoms with van der Waals surface area (Å²) in [7, 11) is -3.85. The highest BCUT2D eigenvalue weighted by Crippen LogP contribution is 2.19. The molecule has 8 heteroatoms. The lowest BCUT2D eigenvalue weighted by molar-refractivity contribution is 0.448. The van der Waals surface area contributed by atoms with E-state index in [1.165, 1.54) is 0 Å². The van der Waals surface area contributed by atoms with Gasteiger partial charge in [0.05, 0.1) is 10.9 Å². The second-order valence-electron chi connectivity index (χ2n) is 3.67. The summed E-state index contributed by atoms with van der Waals surface area (Å²) >= 11 is 0. The van der Waals surface area contributed by atoms with Crippen molar-refractivity contribution in [1.29, 1.82) is 0 Å². The molecule has 102 valence electrons. The monoisotopic (exact) mass is 282 g/mol. The van der Waals surface area contributed by atoms with E-state index in [-0.39, 0.29) is 18.7 Å². The van der Waals surface area contributed by atoms with Crippen LogP contribution in [-0.2, 0) is 10.0 Å². The van der Waals surface area contributed by atoms with Crippen LogP contribution in [0.15, 0.2) is 12.1 Å². The smallest absolute Gasteiger partial charge is 0.236 e. The molecule has 0 aliphatic heterocycles. The third-order valence-electron chi connectivity index (χ3n) is 2.40. The summed E-state index contributed by atoms with van der Waals surface area (Å²) in [4.78, 5) is 0. The zero-order valence-corrected chi connectivity index (χ0v) is 10.4. The number of halogens is 3. The Morgan fingerprint density at radius 1 is 1.28 bits per heavy atom. The molecular weight excluding hydrogens is 269 g/mol. The topological polar surface area (TPSA) is 72.2 Å². The number of nitrogens with two attached hydrogens (primary N) is 1. The molecule has 0 aliphatic rings. The summed E-state index contributed by atoms with van der Waals surface area (Å²) in [5, 5.41) is -0.881. The third-order valence-corrected chi connectivity index (χ3v) is 4.32. The van der Waals surface area contributed by atoms with Gasteiger partial charge >= 0.3 is 0 Å². The van der Waals surface area contributed by atoms with Crippen molar-refractivity contribution >= 4 is 15.7 Å². The molecule has 0 heterocycles. The molecule has 4 nitrogen and oxygen atoms in total. The number of benzene rings is 1. The van der Waals surface area contributed by atoms with E-state index in [2.05, 4.69) is 0 Å². The molecule has 0 radical (unpaired) electrons. The third kappa shape index (κ3) is 3.14. The fourth-order valence-electron chi connectivity index (χ4n) is 1.37. The molecule has 1 atom stereocenters. The number of anilines is 1. The SMILES string of the molecule is CCC(CN)S(=O)(=O)Nc1cc(F)c(F)c(F)c1. The summed E-state index contributed by atoms with van der Waals surface area (Å²) < 4.78 is 64.0. The van der Waals surface area contributed by atoms with Crippen molar-refractivity contribution in [3.63, 3.8) is 0 Å².